The van der Waals surface area contributed by atoms with E-state index in [1.165, 1.54) is 30.0 Å². The summed E-state index contributed by atoms with van der Waals surface area (Å²) in [5, 5.41) is 16.3. The second-order valence-electron chi connectivity index (χ2n) is 7.66. The minimum Gasteiger partial charge on any atom is -0.462 e. The number of furan rings is 1. The van der Waals surface area contributed by atoms with E-state index < -0.39 is 16.7 Å². The summed E-state index contributed by atoms with van der Waals surface area (Å²) in [7, 11) is 0. The number of anilines is 1. The van der Waals surface area contributed by atoms with E-state index in [0.29, 0.717) is 22.8 Å². The molecule has 0 atom stereocenters. The van der Waals surface area contributed by atoms with Crippen LogP contribution in [0, 0.1) is 17.0 Å². The van der Waals surface area contributed by atoms with E-state index in [0.717, 1.165) is 9.79 Å². The Hall–Kier alpha value is -4.63. The van der Waals surface area contributed by atoms with Crippen molar-refractivity contribution in [3.05, 3.63) is 124 Å². The lowest BCUT2D eigenvalue weighted by atomic mass is 10.2. The molecule has 3 aromatic carbocycles. The molecule has 0 aliphatic heterocycles. The topological polar surface area (TPSA) is 114 Å². The van der Waals surface area contributed by atoms with Crippen LogP contribution in [0.1, 0.15) is 21.9 Å². The van der Waals surface area contributed by atoms with Gasteiger partial charge in [-0.2, -0.15) is 0 Å². The zero-order valence-electron chi connectivity index (χ0n) is 19.1. The van der Waals surface area contributed by atoms with Crippen LogP contribution in [0.4, 0.5) is 11.4 Å². The summed E-state index contributed by atoms with van der Waals surface area (Å²) in [6.07, 6.45) is 1.47. The quantitative estimate of drug-likeness (QED) is 0.173. The molecule has 0 fully saturated rings. The first-order valence-corrected chi connectivity index (χ1v) is 11.7. The fraction of sp³-hybridized carbons (Fsp3) is 0.0370. The van der Waals surface area contributed by atoms with Crippen LogP contribution in [0.15, 0.2) is 111 Å². The van der Waals surface area contributed by atoms with Gasteiger partial charge in [0.1, 0.15) is 17.2 Å². The first-order valence-electron chi connectivity index (χ1n) is 10.9. The molecule has 2 amide bonds. The number of amides is 2. The molecule has 0 aliphatic carbocycles. The molecule has 0 bridgehead atoms. The summed E-state index contributed by atoms with van der Waals surface area (Å²) in [5.41, 5.74) is 1.01. The highest BCUT2D eigenvalue weighted by atomic mass is 32.2. The zero-order valence-corrected chi connectivity index (χ0v) is 20.0. The first-order chi connectivity index (χ1) is 17.4. The molecule has 180 valence electrons. The van der Waals surface area contributed by atoms with Gasteiger partial charge in [0, 0.05) is 39.3 Å². The van der Waals surface area contributed by atoms with Gasteiger partial charge >= 0.3 is 0 Å². The van der Waals surface area contributed by atoms with Crippen molar-refractivity contribution in [2.24, 2.45) is 0 Å². The van der Waals surface area contributed by atoms with Crippen molar-refractivity contribution in [3.63, 3.8) is 0 Å². The van der Waals surface area contributed by atoms with Crippen molar-refractivity contribution >= 4 is 41.0 Å². The Kier molecular flexibility index (Phi) is 7.62. The fourth-order valence-electron chi connectivity index (χ4n) is 3.19. The van der Waals surface area contributed by atoms with Crippen molar-refractivity contribution < 1.29 is 18.9 Å². The number of benzene rings is 3. The summed E-state index contributed by atoms with van der Waals surface area (Å²) < 4.78 is 5.55. The number of rotatable bonds is 8. The number of carbonyl (C=O) groups is 2. The highest BCUT2D eigenvalue weighted by Crippen LogP contribution is 2.30. The van der Waals surface area contributed by atoms with Crippen LogP contribution in [0.25, 0.3) is 6.08 Å². The van der Waals surface area contributed by atoms with Crippen LogP contribution in [0.5, 0.6) is 0 Å². The molecule has 1 heterocycles. The van der Waals surface area contributed by atoms with E-state index in [4.69, 9.17) is 4.42 Å². The van der Waals surface area contributed by atoms with Gasteiger partial charge in [0.15, 0.2) is 0 Å². The Morgan fingerprint density at radius 1 is 0.889 bits per heavy atom. The van der Waals surface area contributed by atoms with E-state index in [2.05, 4.69) is 10.6 Å². The molecule has 8 nitrogen and oxygen atoms in total. The second kappa shape index (κ2) is 11.2. The molecule has 0 spiro atoms. The monoisotopic (exact) mass is 499 g/mol. The Morgan fingerprint density at radius 3 is 2.11 bits per heavy atom. The van der Waals surface area contributed by atoms with Gasteiger partial charge in [-0.25, -0.2) is 0 Å². The van der Waals surface area contributed by atoms with Gasteiger partial charge < -0.3 is 15.1 Å². The van der Waals surface area contributed by atoms with Crippen LogP contribution in [-0.2, 0) is 4.79 Å². The standard InChI is InChI=1S/C27H21N3O5S/c1-18-7-12-22(35-18)17-25(29-26(31)19-5-3-2-4-6-19)27(32)28-20-8-13-23(14-9-20)36-24-15-10-21(11-16-24)30(33)34/h2-17H,1H3,(H,28,32)(H,29,31)/b25-17-. The fourth-order valence-corrected chi connectivity index (χ4v) is 4.01. The summed E-state index contributed by atoms with van der Waals surface area (Å²) in [4.78, 5) is 37.8. The summed E-state index contributed by atoms with van der Waals surface area (Å²) in [6.45, 7) is 1.79. The van der Waals surface area contributed by atoms with Crippen molar-refractivity contribution in [1.82, 2.24) is 5.32 Å². The Balaban J connectivity index is 1.47. The maximum Gasteiger partial charge on any atom is 0.272 e. The Labute approximate surface area is 211 Å². The van der Waals surface area contributed by atoms with Crippen LogP contribution in [0.3, 0.4) is 0 Å². The minimum absolute atomic E-state index is 0.0301. The third-order valence-electron chi connectivity index (χ3n) is 4.97. The number of hydrogen-bond acceptors (Lipinski definition) is 6. The molecule has 36 heavy (non-hydrogen) atoms. The third-order valence-corrected chi connectivity index (χ3v) is 5.99. The second-order valence-corrected chi connectivity index (χ2v) is 8.81. The maximum atomic E-state index is 13.1. The van der Waals surface area contributed by atoms with Gasteiger partial charge in [0.2, 0.25) is 0 Å². The normalized spacial score (nSPS) is 11.1. The highest BCUT2D eigenvalue weighted by Gasteiger charge is 2.16. The third kappa shape index (κ3) is 6.49. The molecule has 4 aromatic rings. The van der Waals surface area contributed by atoms with Crippen LogP contribution in [0.2, 0.25) is 0 Å². The molecule has 2 N–H and O–H groups in total. The van der Waals surface area contributed by atoms with Crippen molar-refractivity contribution in [2.75, 3.05) is 5.32 Å². The number of non-ortho nitro benzene ring substituents is 1. The SMILES string of the molecule is Cc1ccc(/C=C(\NC(=O)c2ccccc2)C(=O)Nc2ccc(Sc3ccc([N+](=O)[O-])cc3)cc2)o1. The molecule has 9 heteroatoms. The van der Waals surface area contributed by atoms with Gasteiger partial charge in [-0.05, 0) is 67.6 Å². The molecule has 0 saturated carbocycles. The van der Waals surface area contributed by atoms with Crippen LogP contribution >= 0.6 is 11.8 Å². The largest absolute Gasteiger partial charge is 0.462 e. The first kappa shape index (κ1) is 24.5. The van der Waals surface area contributed by atoms with Crippen LogP contribution < -0.4 is 10.6 Å². The number of nitro groups is 1. The van der Waals surface area contributed by atoms with Gasteiger partial charge in [-0.3, -0.25) is 19.7 Å². The van der Waals surface area contributed by atoms with Gasteiger partial charge in [-0.1, -0.05) is 30.0 Å². The van der Waals surface area contributed by atoms with E-state index in [-0.39, 0.29) is 11.4 Å². The lowest BCUT2D eigenvalue weighted by Crippen LogP contribution is -2.30. The molecule has 0 radical (unpaired) electrons. The summed E-state index contributed by atoms with van der Waals surface area (Å²) >= 11 is 1.44. The Morgan fingerprint density at radius 2 is 1.53 bits per heavy atom. The molecule has 1 aromatic heterocycles. The number of carbonyl (C=O) groups excluding carboxylic acids is 2. The number of nitrogens with zero attached hydrogens (tertiary/aromatic N) is 1. The smallest absolute Gasteiger partial charge is 0.272 e. The average molecular weight is 500 g/mol. The predicted molar refractivity (Wildman–Crippen MR) is 138 cm³/mol. The Bertz CT molecular complexity index is 1410. The number of nitrogens with one attached hydrogen (secondary N) is 2. The van der Waals surface area contributed by atoms with E-state index in [1.54, 1.807) is 73.7 Å². The zero-order chi connectivity index (χ0) is 25.5. The lowest BCUT2D eigenvalue weighted by molar-refractivity contribution is -0.384. The van der Waals surface area contributed by atoms with Crippen molar-refractivity contribution in [2.45, 2.75) is 16.7 Å². The average Bonchev–Trinajstić information content (AvgIpc) is 3.30. The predicted octanol–water partition coefficient (Wildman–Crippen LogP) is 6.06. The molecule has 0 aliphatic rings. The van der Waals surface area contributed by atoms with E-state index in [1.807, 2.05) is 12.1 Å². The molecular formula is C27H21N3O5S. The van der Waals surface area contributed by atoms with Crippen molar-refractivity contribution in [1.29, 1.82) is 0 Å². The minimum atomic E-state index is -0.510. The molecule has 0 saturated heterocycles. The molecule has 4 rings (SSSR count). The number of aryl methyl sites for hydroxylation is 1. The summed E-state index contributed by atoms with van der Waals surface area (Å²) in [6, 6.07) is 25.5. The highest BCUT2D eigenvalue weighted by molar-refractivity contribution is 7.99. The van der Waals surface area contributed by atoms with E-state index >= 15 is 0 Å². The van der Waals surface area contributed by atoms with Gasteiger partial charge in [0.05, 0.1) is 4.92 Å². The summed E-state index contributed by atoms with van der Waals surface area (Å²) in [5.74, 6) is 0.177. The molecule has 0 unspecified atom stereocenters. The maximum absolute atomic E-state index is 13.1. The van der Waals surface area contributed by atoms with Crippen LogP contribution in [-0.4, -0.2) is 16.7 Å². The lowest BCUT2D eigenvalue weighted by Gasteiger charge is -2.11. The van der Waals surface area contributed by atoms with Crippen molar-refractivity contribution in [3.8, 4) is 0 Å². The van der Waals surface area contributed by atoms with Gasteiger partial charge in [0.25, 0.3) is 17.5 Å². The molecular weight excluding hydrogens is 478 g/mol. The number of hydrogen-bond donors (Lipinski definition) is 2. The number of nitro benzene ring substituents is 1. The van der Waals surface area contributed by atoms with E-state index in [9.17, 15) is 19.7 Å². The van der Waals surface area contributed by atoms with Gasteiger partial charge in [-0.15, -0.1) is 0 Å².